The van der Waals surface area contributed by atoms with Gasteiger partial charge in [-0.05, 0) is 40.5 Å². The third-order valence-electron chi connectivity index (χ3n) is 4.70. The van der Waals surface area contributed by atoms with Gasteiger partial charge in [0.2, 0.25) is 0 Å². The Balaban J connectivity index is 2.05. The summed E-state index contributed by atoms with van der Waals surface area (Å²) in [5.74, 6) is 0. The highest BCUT2D eigenvalue weighted by Crippen LogP contribution is 2.41. The van der Waals surface area contributed by atoms with Crippen molar-refractivity contribution in [3.8, 4) is 0 Å². The van der Waals surface area contributed by atoms with E-state index in [4.69, 9.17) is 14.8 Å². The van der Waals surface area contributed by atoms with Crippen LogP contribution in [0.15, 0.2) is 0 Å². The molecule has 1 saturated heterocycles. The molecule has 0 radical (unpaired) electrons. The second-order valence-electron chi connectivity index (χ2n) is 7.77. The molecular weight excluding hydrogens is 286 g/mol. The minimum absolute atomic E-state index is 0.264. The molecule has 6 heteroatoms. The largest absolute Gasteiger partial charge is 0.540 e. The number of hydrogen-bond acceptors (Lipinski definition) is 6. The molecule has 128 valence electrons. The van der Waals surface area contributed by atoms with E-state index < -0.39 is 6.16 Å². The van der Waals surface area contributed by atoms with Gasteiger partial charge in [0, 0.05) is 23.9 Å². The lowest BCUT2D eigenvalue weighted by molar-refractivity contribution is -0.319. The van der Waals surface area contributed by atoms with Gasteiger partial charge in [0.25, 0.3) is 0 Å². The van der Waals surface area contributed by atoms with E-state index in [2.05, 4.69) is 37.6 Å². The Kier molecular flexibility index (Phi) is 5.35. The fourth-order valence-corrected chi connectivity index (χ4v) is 4.02. The maximum Gasteiger partial charge on any atom is 0.540 e. The Morgan fingerprint density at radius 2 is 1.55 bits per heavy atom. The third kappa shape index (κ3) is 4.12. The first-order valence-electron chi connectivity index (χ1n) is 8.24. The lowest BCUT2D eigenvalue weighted by Gasteiger charge is -2.54. The summed E-state index contributed by atoms with van der Waals surface area (Å²) >= 11 is 0. The lowest BCUT2D eigenvalue weighted by atomic mass is 9.80. The monoisotopic (exact) mass is 315 g/mol. The van der Waals surface area contributed by atoms with Crippen LogP contribution in [0.5, 0.6) is 0 Å². The number of rotatable bonds is 3. The van der Waals surface area contributed by atoms with Gasteiger partial charge in [0.05, 0.1) is 6.10 Å². The Bertz CT molecular complexity index is 372. The van der Waals surface area contributed by atoms with Gasteiger partial charge in [0.15, 0.2) is 0 Å². The normalized spacial score (nSPS) is 26.6. The van der Waals surface area contributed by atoms with Crippen LogP contribution in [-0.4, -0.2) is 39.8 Å². The molecule has 0 spiro atoms. The first-order valence-corrected chi connectivity index (χ1v) is 8.24. The molecule has 2 fully saturated rings. The van der Waals surface area contributed by atoms with Crippen LogP contribution in [0.2, 0.25) is 0 Å². The number of piperidine rings is 1. The van der Waals surface area contributed by atoms with Crippen LogP contribution in [-0.2, 0) is 14.5 Å². The summed E-state index contributed by atoms with van der Waals surface area (Å²) in [6.07, 6.45) is 6.20. The topological polar surface area (TPSA) is 68.2 Å². The van der Waals surface area contributed by atoms with E-state index in [-0.39, 0.29) is 23.3 Å². The molecule has 0 aromatic rings. The Morgan fingerprint density at radius 1 is 1.00 bits per heavy atom. The van der Waals surface area contributed by atoms with E-state index in [1.54, 1.807) is 0 Å². The van der Waals surface area contributed by atoms with E-state index >= 15 is 0 Å². The molecule has 0 amide bonds. The van der Waals surface area contributed by atoms with Crippen LogP contribution in [0.3, 0.4) is 0 Å². The summed E-state index contributed by atoms with van der Waals surface area (Å²) in [6, 6.07) is 0. The maximum atomic E-state index is 11.2. The predicted molar refractivity (Wildman–Crippen MR) is 81.2 cm³/mol. The first-order chi connectivity index (χ1) is 10.2. The van der Waals surface area contributed by atoms with Crippen molar-refractivity contribution < 1.29 is 24.5 Å². The number of carbonyl (C=O) groups is 1. The molecule has 0 aromatic heterocycles. The van der Waals surface area contributed by atoms with E-state index in [1.807, 2.05) is 0 Å². The van der Waals surface area contributed by atoms with Crippen molar-refractivity contribution in [1.82, 2.24) is 5.06 Å². The molecule has 6 nitrogen and oxygen atoms in total. The highest BCUT2D eigenvalue weighted by Gasteiger charge is 2.48. The van der Waals surface area contributed by atoms with Gasteiger partial charge in [-0.25, -0.2) is 4.79 Å². The minimum atomic E-state index is -1.04. The molecule has 22 heavy (non-hydrogen) atoms. The van der Waals surface area contributed by atoms with Crippen LogP contribution in [0, 0.1) is 0 Å². The third-order valence-corrected chi connectivity index (χ3v) is 4.70. The van der Waals surface area contributed by atoms with Crippen molar-refractivity contribution in [2.45, 2.75) is 95.9 Å². The molecule has 1 aliphatic carbocycles. The fraction of sp³-hybridized carbons (Fsp3) is 0.938. The standard InChI is InChI=1S/C16H29NO5/c1-15(2)10-13(20-14(18)22-19)11-16(3,4)17(15)21-12-8-6-5-7-9-12/h12-13,19H,5-11H2,1-4H3. The maximum absolute atomic E-state index is 11.2. The van der Waals surface area contributed by atoms with Gasteiger partial charge in [-0.1, -0.05) is 19.3 Å². The van der Waals surface area contributed by atoms with Crippen molar-refractivity contribution in [2.24, 2.45) is 0 Å². The highest BCUT2D eigenvalue weighted by atomic mass is 17.1. The number of hydrogen-bond donors (Lipinski definition) is 1. The SMILES string of the molecule is CC1(C)CC(OC(=O)OO)CC(C)(C)N1OC1CCCCC1. The number of nitrogens with zero attached hydrogens (tertiary/aromatic N) is 1. The molecule has 1 aliphatic heterocycles. The van der Waals surface area contributed by atoms with Crippen LogP contribution in [0.25, 0.3) is 0 Å². The van der Waals surface area contributed by atoms with Crippen LogP contribution >= 0.6 is 0 Å². The smallest absolute Gasteiger partial charge is 0.429 e. The van der Waals surface area contributed by atoms with E-state index in [0.29, 0.717) is 12.8 Å². The van der Waals surface area contributed by atoms with Crippen molar-refractivity contribution >= 4 is 6.16 Å². The van der Waals surface area contributed by atoms with Crippen molar-refractivity contribution in [3.63, 3.8) is 0 Å². The van der Waals surface area contributed by atoms with E-state index in [9.17, 15) is 4.79 Å². The summed E-state index contributed by atoms with van der Waals surface area (Å²) in [5.41, 5.74) is -0.529. The Morgan fingerprint density at radius 3 is 2.05 bits per heavy atom. The highest BCUT2D eigenvalue weighted by molar-refractivity contribution is 5.59. The van der Waals surface area contributed by atoms with Gasteiger partial charge in [-0.3, -0.25) is 9.73 Å². The Labute approximate surface area is 132 Å². The van der Waals surface area contributed by atoms with Crippen molar-refractivity contribution in [3.05, 3.63) is 0 Å². The zero-order valence-electron chi connectivity index (χ0n) is 14.1. The molecule has 1 saturated carbocycles. The van der Waals surface area contributed by atoms with E-state index in [1.165, 1.54) is 19.3 Å². The lowest BCUT2D eigenvalue weighted by Crippen LogP contribution is -2.63. The van der Waals surface area contributed by atoms with Gasteiger partial charge >= 0.3 is 6.16 Å². The zero-order chi connectivity index (χ0) is 16.4. The summed E-state index contributed by atoms with van der Waals surface area (Å²) in [7, 11) is 0. The van der Waals surface area contributed by atoms with Gasteiger partial charge in [-0.2, -0.15) is 10.3 Å². The van der Waals surface area contributed by atoms with Gasteiger partial charge in [0.1, 0.15) is 6.10 Å². The molecule has 1 N–H and O–H groups in total. The average Bonchev–Trinajstić information content (AvgIpc) is 2.43. The number of carbonyl (C=O) groups excluding carboxylic acids is 1. The summed E-state index contributed by atoms with van der Waals surface area (Å²) in [5, 5.41) is 10.5. The van der Waals surface area contributed by atoms with Gasteiger partial charge < -0.3 is 4.74 Å². The quantitative estimate of drug-likeness (QED) is 0.484. The van der Waals surface area contributed by atoms with Crippen LogP contribution < -0.4 is 0 Å². The van der Waals surface area contributed by atoms with Gasteiger partial charge in [-0.15, -0.1) is 0 Å². The number of ether oxygens (including phenoxy) is 1. The summed E-state index contributed by atoms with van der Waals surface area (Å²) in [6.45, 7) is 8.38. The molecule has 2 aliphatic rings. The second kappa shape index (κ2) is 6.72. The van der Waals surface area contributed by atoms with Crippen molar-refractivity contribution in [2.75, 3.05) is 0 Å². The first kappa shape index (κ1) is 17.5. The molecule has 0 unspecified atom stereocenters. The molecule has 0 bridgehead atoms. The Hall–Kier alpha value is -0.850. The fourth-order valence-electron chi connectivity index (χ4n) is 4.02. The van der Waals surface area contributed by atoms with Crippen molar-refractivity contribution in [1.29, 1.82) is 0 Å². The van der Waals surface area contributed by atoms with Crippen LogP contribution in [0.4, 0.5) is 4.79 Å². The molecule has 0 atom stereocenters. The average molecular weight is 315 g/mol. The molecule has 0 aromatic carbocycles. The zero-order valence-corrected chi connectivity index (χ0v) is 14.1. The molecule has 1 heterocycles. The molecular formula is C16H29NO5. The second-order valence-corrected chi connectivity index (χ2v) is 7.77. The summed E-state index contributed by atoms with van der Waals surface area (Å²) < 4.78 is 5.16. The molecule has 2 rings (SSSR count). The van der Waals surface area contributed by atoms with Crippen LogP contribution in [0.1, 0.15) is 72.6 Å². The van der Waals surface area contributed by atoms with E-state index in [0.717, 1.165) is 12.8 Å². The predicted octanol–water partition coefficient (Wildman–Crippen LogP) is 3.90. The minimum Gasteiger partial charge on any atom is -0.429 e. The number of hydroxylamine groups is 2. The summed E-state index contributed by atoms with van der Waals surface area (Å²) in [4.78, 5) is 21.1.